The number of rotatable bonds is 8. The predicted octanol–water partition coefficient (Wildman–Crippen LogP) is 0.713. The molecule has 0 aliphatic carbocycles. The van der Waals surface area contributed by atoms with Crippen molar-refractivity contribution in [2.24, 2.45) is 5.73 Å². The van der Waals surface area contributed by atoms with Crippen LogP contribution in [0, 0.1) is 0 Å². The minimum atomic E-state index is -3.25. The maximum Gasteiger partial charge on any atom is 0.237 e. The Hall–Kier alpha value is -1.60. The largest absolute Gasteiger partial charge is 0.494 e. The zero-order valence-corrected chi connectivity index (χ0v) is 13.4. The van der Waals surface area contributed by atoms with E-state index in [-0.39, 0.29) is 4.90 Å². The van der Waals surface area contributed by atoms with Crippen LogP contribution in [0.25, 0.3) is 0 Å². The first-order valence-electron chi connectivity index (χ1n) is 6.61. The summed E-state index contributed by atoms with van der Waals surface area (Å²) in [4.78, 5) is 11.5. The van der Waals surface area contributed by atoms with E-state index in [0.717, 1.165) is 6.26 Å². The lowest BCUT2D eigenvalue weighted by Gasteiger charge is -2.25. The molecule has 1 aromatic carbocycles. The molecule has 6 nitrogen and oxygen atoms in total. The Morgan fingerprint density at radius 3 is 2.62 bits per heavy atom. The standard InChI is InChI=1S/C14H22N2O4S/c1-14(16-2,13(15)17)8-5-9-20-11-6-4-7-12(10-11)21(3,18)19/h4,6-7,10,16H,5,8-9H2,1-3H3,(H2,15,17). The molecule has 0 aliphatic rings. The molecule has 7 heteroatoms. The van der Waals surface area contributed by atoms with Crippen molar-refractivity contribution in [1.82, 2.24) is 5.32 Å². The number of benzene rings is 1. The molecule has 0 fully saturated rings. The predicted molar refractivity (Wildman–Crippen MR) is 80.9 cm³/mol. The lowest BCUT2D eigenvalue weighted by Crippen LogP contribution is -2.51. The zero-order chi connectivity index (χ0) is 16.1. The Morgan fingerprint density at radius 2 is 2.10 bits per heavy atom. The van der Waals surface area contributed by atoms with E-state index in [1.54, 1.807) is 26.1 Å². The summed E-state index contributed by atoms with van der Waals surface area (Å²) in [7, 11) is -1.56. The van der Waals surface area contributed by atoms with E-state index < -0.39 is 21.3 Å². The molecule has 21 heavy (non-hydrogen) atoms. The monoisotopic (exact) mass is 314 g/mol. The van der Waals surface area contributed by atoms with E-state index in [1.807, 2.05) is 0 Å². The summed E-state index contributed by atoms with van der Waals surface area (Å²) in [5.41, 5.74) is 4.57. The zero-order valence-electron chi connectivity index (χ0n) is 12.5. The summed E-state index contributed by atoms with van der Waals surface area (Å²) < 4.78 is 28.4. The number of nitrogens with two attached hydrogens (primary N) is 1. The van der Waals surface area contributed by atoms with E-state index in [1.165, 1.54) is 12.1 Å². The molecule has 0 aromatic heterocycles. The molecule has 0 heterocycles. The molecule has 0 saturated carbocycles. The second kappa shape index (κ2) is 6.91. The van der Waals surface area contributed by atoms with Gasteiger partial charge in [0, 0.05) is 6.26 Å². The molecule has 1 unspecified atom stereocenters. The second-order valence-corrected chi connectivity index (χ2v) is 7.16. The number of likely N-dealkylation sites (N-methyl/N-ethyl adjacent to an activating group) is 1. The molecular weight excluding hydrogens is 292 g/mol. The molecule has 118 valence electrons. The minimum Gasteiger partial charge on any atom is -0.494 e. The van der Waals surface area contributed by atoms with E-state index in [0.29, 0.717) is 25.2 Å². The van der Waals surface area contributed by atoms with E-state index in [4.69, 9.17) is 10.5 Å². The van der Waals surface area contributed by atoms with Crippen molar-refractivity contribution in [3.8, 4) is 5.75 Å². The van der Waals surface area contributed by atoms with Crippen LogP contribution in [-0.2, 0) is 14.6 Å². The van der Waals surface area contributed by atoms with Gasteiger partial charge < -0.3 is 15.8 Å². The summed E-state index contributed by atoms with van der Waals surface area (Å²) in [5, 5.41) is 2.90. The average molecular weight is 314 g/mol. The highest BCUT2D eigenvalue weighted by atomic mass is 32.2. The van der Waals surface area contributed by atoms with Gasteiger partial charge in [0.25, 0.3) is 0 Å². The number of carbonyl (C=O) groups excluding carboxylic acids is 1. The van der Waals surface area contributed by atoms with Crippen LogP contribution in [0.4, 0.5) is 0 Å². The minimum absolute atomic E-state index is 0.220. The first kappa shape index (κ1) is 17.5. The average Bonchev–Trinajstić information content (AvgIpc) is 2.42. The first-order valence-corrected chi connectivity index (χ1v) is 8.50. The highest BCUT2D eigenvalue weighted by Gasteiger charge is 2.28. The summed E-state index contributed by atoms with van der Waals surface area (Å²) in [5.74, 6) is 0.0761. The fraction of sp³-hybridized carbons (Fsp3) is 0.500. The third-order valence-corrected chi connectivity index (χ3v) is 4.53. The third kappa shape index (κ3) is 5.02. The van der Waals surface area contributed by atoms with Crippen molar-refractivity contribution >= 4 is 15.7 Å². The molecule has 0 saturated heterocycles. The van der Waals surface area contributed by atoms with Crippen molar-refractivity contribution in [3.63, 3.8) is 0 Å². The van der Waals surface area contributed by atoms with Crippen LogP contribution >= 0.6 is 0 Å². The van der Waals surface area contributed by atoms with Crippen molar-refractivity contribution < 1.29 is 17.9 Å². The Bertz CT molecular complexity index is 601. The Morgan fingerprint density at radius 1 is 1.43 bits per heavy atom. The van der Waals surface area contributed by atoms with Gasteiger partial charge in [-0.3, -0.25) is 4.79 Å². The van der Waals surface area contributed by atoms with E-state index in [9.17, 15) is 13.2 Å². The number of hydrogen-bond donors (Lipinski definition) is 2. The van der Waals surface area contributed by atoms with Crippen molar-refractivity contribution in [3.05, 3.63) is 24.3 Å². The molecule has 1 amide bonds. The molecular formula is C14H22N2O4S. The van der Waals surface area contributed by atoms with Gasteiger partial charge in [-0.2, -0.15) is 0 Å². The van der Waals surface area contributed by atoms with Gasteiger partial charge in [0.15, 0.2) is 9.84 Å². The molecule has 0 spiro atoms. The number of amides is 1. The number of carbonyl (C=O) groups is 1. The first-order chi connectivity index (χ1) is 9.69. The highest BCUT2D eigenvalue weighted by molar-refractivity contribution is 7.90. The topological polar surface area (TPSA) is 98.5 Å². The fourth-order valence-corrected chi connectivity index (χ4v) is 2.44. The SMILES string of the molecule is CNC(C)(CCCOc1cccc(S(C)(=O)=O)c1)C(N)=O. The normalized spacial score (nSPS) is 14.4. The quantitative estimate of drug-likeness (QED) is 0.689. The summed E-state index contributed by atoms with van der Waals surface area (Å²) >= 11 is 0. The van der Waals surface area contributed by atoms with Crippen LogP contribution < -0.4 is 15.8 Å². The van der Waals surface area contributed by atoms with Crippen LogP contribution in [0.3, 0.4) is 0 Å². The van der Waals surface area contributed by atoms with Crippen LogP contribution in [0.1, 0.15) is 19.8 Å². The van der Waals surface area contributed by atoms with E-state index >= 15 is 0 Å². The third-order valence-electron chi connectivity index (χ3n) is 3.42. The molecule has 0 bridgehead atoms. The van der Waals surface area contributed by atoms with Crippen LogP contribution in [0.2, 0.25) is 0 Å². The van der Waals surface area contributed by atoms with Gasteiger partial charge in [0.2, 0.25) is 5.91 Å². The highest BCUT2D eigenvalue weighted by Crippen LogP contribution is 2.18. The van der Waals surface area contributed by atoms with Gasteiger partial charge >= 0.3 is 0 Å². The Kier molecular flexibility index (Phi) is 5.74. The number of hydrogen-bond acceptors (Lipinski definition) is 5. The lowest BCUT2D eigenvalue weighted by molar-refractivity contribution is -0.123. The van der Waals surface area contributed by atoms with Crippen molar-refractivity contribution in [2.45, 2.75) is 30.2 Å². The van der Waals surface area contributed by atoms with Gasteiger partial charge in [-0.15, -0.1) is 0 Å². The number of nitrogens with one attached hydrogen (secondary N) is 1. The summed E-state index contributed by atoms with van der Waals surface area (Å²) in [6.45, 7) is 2.11. The molecule has 3 N–H and O–H groups in total. The van der Waals surface area contributed by atoms with Crippen LogP contribution in [-0.4, -0.2) is 39.8 Å². The van der Waals surface area contributed by atoms with Crippen molar-refractivity contribution in [2.75, 3.05) is 19.9 Å². The van der Waals surface area contributed by atoms with Crippen LogP contribution in [0.5, 0.6) is 5.75 Å². The second-order valence-electron chi connectivity index (χ2n) is 5.15. The summed E-state index contributed by atoms with van der Waals surface area (Å²) in [6.07, 6.45) is 2.30. The molecule has 0 aliphatic heterocycles. The van der Waals surface area contributed by atoms with Crippen molar-refractivity contribution in [1.29, 1.82) is 0 Å². The molecule has 1 rings (SSSR count). The van der Waals surface area contributed by atoms with Crippen LogP contribution in [0.15, 0.2) is 29.2 Å². The van der Waals surface area contributed by atoms with Gasteiger partial charge in [0.1, 0.15) is 5.75 Å². The number of primary amides is 1. The molecule has 1 aromatic rings. The number of sulfone groups is 1. The maximum absolute atomic E-state index is 11.4. The smallest absolute Gasteiger partial charge is 0.237 e. The van der Waals surface area contributed by atoms with Gasteiger partial charge in [-0.25, -0.2) is 8.42 Å². The molecule has 0 radical (unpaired) electrons. The Labute approximate surface area is 125 Å². The van der Waals surface area contributed by atoms with Gasteiger partial charge in [-0.05, 0) is 45.0 Å². The molecule has 1 atom stereocenters. The number of ether oxygens (including phenoxy) is 1. The Balaban J connectivity index is 2.56. The van der Waals surface area contributed by atoms with E-state index in [2.05, 4.69) is 5.32 Å². The fourth-order valence-electron chi connectivity index (χ4n) is 1.78. The maximum atomic E-state index is 11.4. The summed E-state index contributed by atoms with van der Waals surface area (Å²) in [6, 6.07) is 6.33. The van der Waals surface area contributed by atoms with Gasteiger partial charge in [-0.1, -0.05) is 6.07 Å². The lowest BCUT2D eigenvalue weighted by atomic mass is 9.95. The van der Waals surface area contributed by atoms with Gasteiger partial charge in [0.05, 0.1) is 17.0 Å².